The van der Waals surface area contributed by atoms with E-state index < -0.39 is 0 Å². The van der Waals surface area contributed by atoms with Crippen molar-refractivity contribution in [3.63, 3.8) is 0 Å². The Kier molecular flexibility index (Phi) is 9.02. The van der Waals surface area contributed by atoms with Crippen molar-refractivity contribution in [3.8, 4) is 0 Å². The highest BCUT2D eigenvalue weighted by Gasteiger charge is 1.93. The topological polar surface area (TPSA) is 12.0 Å². The van der Waals surface area contributed by atoms with E-state index in [4.69, 9.17) is 0 Å². The van der Waals surface area contributed by atoms with Gasteiger partial charge in [-0.1, -0.05) is 40.0 Å². The predicted molar refractivity (Wildman–Crippen MR) is 56.5 cm³/mol. The van der Waals surface area contributed by atoms with Crippen LogP contribution in [0.25, 0.3) is 0 Å². The van der Waals surface area contributed by atoms with E-state index in [2.05, 4.69) is 26.1 Å². The van der Waals surface area contributed by atoms with Gasteiger partial charge in [0.2, 0.25) is 0 Å². The van der Waals surface area contributed by atoms with Gasteiger partial charge in [-0.15, -0.1) is 0 Å². The molecule has 0 bridgehead atoms. The molecule has 1 heteroatoms. The van der Waals surface area contributed by atoms with Crippen LogP contribution in [0.1, 0.15) is 52.9 Å². The van der Waals surface area contributed by atoms with Gasteiger partial charge in [-0.3, -0.25) is 0 Å². The smallest absolute Gasteiger partial charge is 0.00489 e. The lowest BCUT2D eigenvalue weighted by Gasteiger charge is -2.05. The molecule has 0 rings (SSSR count). The second-order valence-corrected chi connectivity index (χ2v) is 3.99. The molecule has 0 aromatic carbocycles. The quantitative estimate of drug-likeness (QED) is 0.553. The van der Waals surface area contributed by atoms with Crippen molar-refractivity contribution in [2.75, 3.05) is 13.1 Å². The van der Waals surface area contributed by atoms with E-state index in [1.165, 1.54) is 45.2 Å². The van der Waals surface area contributed by atoms with Gasteiger partial charge in [0.1, 0.15) is 0 Å². The molecule has 0 aliphatic carbocycles. The predicted octanol–water partition coefficient (Wildman–Crippen LogP) is 3.20. The Labute approximate surface area is 77.9 Å². The molecule has 12 heavy (non-hydrogen) atoms. The van der Waals surface area contributed by atoms with E-state index in [-0.39, 0.29) is 0 Å². The molecule has 0 fully saturated rings. The van der Waals surface area contributed by atoms with E-state index in [9.17, 15) is 0 Å². The molecule has 74 valence electrons. The van der Waals surface area contributed by atoms with Crippen LogP contribution in [-0.2, 0) is 0 Å². The summed E-state index contributed by atoms with van der Waals surface area (Å²) in [4.78, 5) is 0. The van der Waals surface area contributed by atoms with Crippen LogP contribution in [0.2, 0.25) is 0 Å². The molecule has 0 radical (unpaired) electrons. The fourth-order valence-electron chi connectivity index (χ4n) is 1.23. The summed E-state index contributed by atoms with van der Waals surface area (Å²) in [6.07, 6.45) is 6.75. The lowest BCUT2D eigenvalue weighted by Crippen LogP contribution is -2.16. The van der Waals surface area contributed by atoms with Gasteiger partial charge in [0.25, 0.3) is 0 Å². The fraction of sp³-hybridized carbons (Fsp3) is 1.00. The highest BCUT2D eigenvalue weighted by Crippen LogP contribution is 2.04. The summed E-state index contributed by atoms with van der Waals surface area (Å²) in [6.45, 7) is 9.25. The first-order chi connectivity index (χ1) is 5.77. The maximum atomic E-state index is 3.46. The van der Waals surface area contributed by atoms with Crippen LogP contribution in [0.15, 0.2) is 0 Å². The second-order valence-electron chi connectivity index (χ2n) is 3.99. The first-order valence-electron chi connectivity index (χ1n) is 5.48. The normalized spacial score (nSPS) is 11.0. The van der Waals surface area contributed by atoms with Crippen LogP contribution in [0.3, 0.4) is 0 Å². The minimum Gasteiger partial charge on any atom is -0.317 e. The Balaban J connectivity index is 2.82. The maximum absolute atomic E-state index is 3.46. The molecule has 0 saturated heterocycles. The maximum Gasteiger partial charge on any atom is -0.00489 e. The zero-order valence-electron chi connectivity index (χ0n) is 9.03. The lowest BCUT2D eigenvalue weighted by molar-refractivity contribution is 0.517. The molecule has 1 N–H and O–H groups in total. The molecule has 0 atom stereocenters. The summed E-state index contributed by atoms with van der Waals surface area (Å²) in [5.41, 5.74) is 0. The largest absolute Gasteiger partial charge is 0.317 e. The molecule has 0 amide bonds. The van der Waals surface area contributed by atoms with Crippen LogP contribution in [0, 0.1) is 5.92 Å². The van der Waals surface area contributed by atoms with Gasteiger partial charge >= 0.3 is 0 Å². The third-order valence-electron chi connectivity index (χ3n) is 2.09. The van der Waals surface area contributed by atoms with Crippen LogP contribution in [-0.4, -0.2) is 13.1 Å². The number of rotatable bonds is 8. The summed E-state index contributed by atoms with van der Waals surface area (Å²) in [5.74, 6) is 0.876. The van der Waals surface area contributed by atoms with Gasteiger partial charge in [0.15, 0.2) is 0 Å². The van der Waals surface area contributed by atoms with E-state index in [0.29, 0.717) is 0 Å². The van der Waals surface area contributed by atoms with Gasteiger partial charge in [-0.2, -0.15) is 0 Å². The molecule has 0 saturated carbocycles. The minimum atomic E-state index is 0.876. The molecule has 0 aromatic rings. The van der Waals surface area contributed by atoms with E-state index >= 15 is 0 Å². The molecule has 0 unspecified atom stereocenters. The first-order valence-corrected chi connectivity index (χ1v) is 5.48. The first kappa shape index (κ1) is 12.0. The molecule has 0 spiro atoms. The van der Waals surface area contributed by atoms with Crippen LogP contribution >= 0.6 is 0 Å². The van der Waals surface area contributed by atoms with Crippen molar-refractivity contribution >= 4 is 0 Å². The van der Waals surface area contributed by atoms with Crippen molar-refractivity contribution in [2.45, 2.75) is 52.9 Å². The number of hydrogen-bond acceptors (Lipinski definition) is 1. The van der Waals surface area contributed by atoms with Gasteiger partial charge in [0, 0.05) is 0 Å². The highest BCUT2D eigenvalue weighted by atomic mass is 14.8. The zero-order chi connectivity index (χ0) is 9.23. The molecular weight excluding hydrogens is 146 g/mol. The van der Waals surface area contributed by atoms with Crippen LogP contribution in [0.4, 0.5) is 0 Å². The lowest BCUT2D eigenvalue weighted by atomic mass is 10.1. The van der Waals surface area contributed by atoms with Crippen molar-refractivity contribution in [2.24, 2.45) is 5.92 Å². The number of unbranched alkanes of at least 4 members (excludes halogenated alkanes) is 2. The molecule has 1 nitrogen and oxygen atoms in total. The van der Waals surface area contributed by atoms with Crippen molar-refractivity contribution in [1.82, 2.24) is 5.32 Å². The Bertz CT molecular complexity index is 79.1. The number of nitrogens with one attached hydrogen (secondary N) is 1. The van der Waals surface area contributed by atoms with E-state index in [0.717, 1.165) is 5.92 Å². The minimum absolute atomic E-state index is 0.876. The Morgan fingerprint density at radius 1 is 1.00 bits per heavy atom. The highest BCUT2D eigenvalue weighted by molar-refractivity contribution is 4.50. The summed E-state index contributed by atoms with van der Waals surface area (Å²) in [6, 6.07) is 0. The monoisotopic (exact) mass is 171 g/mol. The third-order valence-corrected chi connectivity index (χ3v) is 2.09. The Hall–Kier alpha value is -0.0400. The van der Waals surface area contributed by atoms with Gasteiger partial charge in [-0.25, -0.2) is 0 Å². The SMILES string of the molecule is CCCCNCCCCC(C)C. The molecule has 0 aromatic heterocycles. The Morgan fingerprint density at radius 2 is 1.67 bits per heavy atom. The average Bonchev–Trinajstić information content (AvgIpc) is 2.02. The zero-order valence-corrected chi connectivity index (χ0v) is 9.03. The van der Waals surface area contributed by atoms with E-state index in [1.54, 1.807) is 0 Å². The molecular formula is C11H25N. The van der Waals surface area contributed by atoms with Crippen LogP contribution in [0.5, 0.6) is 0 Å². The summed E-state index contributed by atoms with van der Waals surface area (Å²) >= 11 is 0. The summed E-state index contributed by atoms with van der Waals surface area (Å²) in [5, 5.41) is 3.46. The third kappa shape index (κ3) is 9.96. The summed E-state index contributed by atoms with van der Waals surface area (Å²) < 4.78 is 0. The second kappa shape index (κ2) is 9.05. The van der Waals surface area contributed by atoms with Gasteiger partial charge < -0.3 is 5.32 Å². The summed E-state index contributed by atoms with van der Waals surface area (Å²) in [7, 11) is 0. The standard InChI is InChI=1S/C11H25N/c1-4-5-9-12-10-7-6-8-11(2)3/h11-12H,4-10H2,1-3H3. The van der Waals surface area contributed by atoms with Crippen LogP contribution < -0.4 is 5.32 Å². The van der Waals surface area contributed by atoms with Crippen molar-refractivity contribution < 1.29 is 0 Å². The number of hydrogen-bond donors (Lipinski definition) is 1. The van der Waals surface area contributed by atoms with E-state index in [1.807, 2.05) is 0 Å². The average molecular weight is 171 g/mol. The fourth-order valence-corrected chi connectivity index (χ4v) is 1.23. The molecule has 0 aliphatic rings. The Morgan fingerprint density at radius 3 is 2.25 bits per heavy atom. The van der Waals surface area contributed by atoms with Gasteiger partial charge in [0.05, 0.1) is 0 Å². The van der Waals surface area contributed by atoms with Gasteiger partial charge in [-0.05, 0) is 31.8 Å². The van der Waals surface area contributed by atoms with Crippen molar-refractivity contribution in [3.05, 3.63) is 0 Å². The molecule has 0 heterocycles. The van der Waals surface area contributed by atoms with Crippen molar-refractivity contribution in [1.29, 1.82) is 0 Å². The molecule has 0 aliphatic heterocycles.